The molecule has 2 aromatic carbocycles. The van der Waals surface area contributed by atoms with E-state index in [1.165, 1.54) is 18.1 Å². The number of esters is 1. The van der Waals surface area contributed by atoms with Gasteiger partial charge in [0.15, 0.2) is 0 Å². The van der Waals surface area contributed by atoms with E-state index in [0.717, 1.165) is 5.56 Å². The zero-order chi connectivity index (χ0) is 20.3. The highest BCUT2D eigenvalue weighted by Gasteiger charge is 2.35. The Bertz CT molecular complexity index is 911. The molecule has 1 atom stereocenters. The minimum absolute atomic E-state index is 0.0859. The molecule has 7 heteroatoms. The number of carbonyl (C=O) groups excluding carboxylic acids is 3. The Hall–Kier alpha value is -3.22. The van der Waals surface area contributed by atoms with E-state index in [4.69, 9.17) is 0 Å². The Morgan fingerprint density at radius 2 is 1.93 bits per heavy atom. The van der Waals surface area contributed by atoms with Crippen LogP contribution in [0.1, 0.15) is 27.9 Å². The molecule has 2 amide bonds. The van der Waals surface area contributed by atoms with Crippen molar-refractivity contribution < 1.29 is 23.5 Å². The van der Waals surface area contributed by atoms with Crippen LogP contribution in [0.15, 0.2) is 42.5 Å². The van der Waals surface area contributed by atoms with Gasteiger partial charge >= 0.3 is 5.97 Å². The number of hydrogen-bond acceptors (Lipinski definition) is 4. The van der Waals surface area contributed by atoms with Gasteiger partial charge in [0.05, 0.1) is 18.6 Å². The third-order valence-electron chi connectivity index (χ3n) is 4.80. The lowest BCUT2D eigenvalue weighted by Gasteiger charge is -2.17. The monoisotopic (exact) mass is 384 g/mol. The Kier molecular flexibility index (Phi) is 5.73. The first-order chi connectivity index (χ1) is 13.4. The SMILES string of the molecule is COC(=O)c1ccc(CNC(=O)[C@H]2CC(=O)N(c3ccc(C)c(F)c3)C2)cc1. The zero-order valence-corrected chi connectivity index (χ0v) is 15.7. The summed E-state index contributed by atoms with van der Waals surface area (Å²) in [6.07, 6.45) is 0.0859. The molecule has 0 aliphatic carbocycles. The Balaban J connectivity index is 1.58. The molecule has 1 aliphatic rings. The molecule has 1 saturated heterocycles. The lowest BCUT2D eigenvalue weighted by molar-refractivity contribution is -0.126. The number of carbonyl (C=O) groups is 3. The van der Waals surface area contributed by atoms with E-state index in [-0.39, 0.29) is 37.1 Å². The number of amides is 2. The molecule has 1 N–H and O–H groups in total. The Morgan fingerprint density at radius 1 is 1.21 bits per heavy atom. The van der Waals surface area contributed by atoms with Gasteiger partial charge in [0.1, 0.15) is 5.82 Å². The fourth-order valence-electron chi connectivity index (χ4n) is 3.09. The van der Waals surface area contributed by atoms with Crippen LogP contribution in [0.3, 0.4) is 0 Å². The van der Waals surface area contributed by atoms with Gasteiger partial charge in [-0.2, -0.15) is 0 Å². The van der Waals surface area contributed by atoms with Gasteiger partial charge < -0.3 is 15.0 Å². The average Bonchev–Trinajstić information content (AvgIpc) is 3.09. The quantitative estimate of drug-likeness (QED) is 0.804. The summed E-state index contributed by atoms with van der Waals surface area (Å²) >= 11 is 0. The first-order valence-electron chi connectivity index (χ1n) is 8.90. The maximum absolute atomic E-state index is 13.8. The highest BCUT2D eigenvalue weighted by molar-refractivity contribution is 6.00. The van der Waals surface area contributed by atoms with Gasteiger partial charge in [-0.15, -0.1) is 0 Å². The van der Waals surface area contributed by atoms with Crippen LogP contribution in [-0.2, 0) is 20.9 Å². The fraction of sp³-hybridized carbons (Fsp3) is 0.286. The van der Waals surface area contributed by atoms with Gasteiger partial charge in [0.25, 0.3) is 0 Å². The average molecular weight is 384 g/mol. The third kappa shape index (κ3) is 4.19. The van der Waals surface area contributed by atoms with Crippen LogP contribution in [0.4, 0.5) is 10.1 Å². The number of benzene rings is 2. The van der Waals surface area contributed by atoms with E-state index < -0.39 is 11.9 Å². The van der Waals surface area contributed by atoms with Gasteiger partial charge in [-0.25, -0.2) is 9.18 Å². The summed E-state index contributed by atoms with van der Waals surface area (Å²) in [5, 5.41) is 2.81. The summed E-state index contributed by atoms with van der Waals surface area (Å²) in [6, 6.07) is 11.3. The molecule has 0 bridgehead atoms. The van der Waals surface area contributed by atoms with E-state index in [1.54, 1.807) is 43.3 Å². The van der Waals surface area contributed by atoms with Crippen molar-refractivity contribution in [1.29, 1.82) is 0 Å². The van der Waals surface area contributed by atoms with Crippen LogP contribution in [0.2, 0.25) is 0 Å². The first kappa shape index (κ1) is 19.5. The lowest BCUT2D eigenvalue weighted by Crippen LogP contribution is -2.32. The molecule has 28 heavy (non-hydrogen) atoms. The topological polar surface area (TPSA) is 75.7 Å². The predicted octanol–water partition coefficient (Wildman–Crippen LogP) is 2.59. The molecule has 1 heterocycles. The molecule has 1 aliphatic heterocycles. The second kappa shape index (κ2) is 8.21. The van der Waals surface area contributed by atoms with Crippen molar-refractivity contribution in [2.45, 2.75) is 19.9 Å². The van der Waals surface area contributed by atoms with Crippen molar-refractivity contribution in [2.75, 3.05) is 18.6 Å². The number of ether oxygens (including phenoxy) is 1. The van der Waals surface area contributed by atoms with Gasteiger partial charge in [-0.3, -0.25) is 9.59 Å². The first-order valence-corrected chi connectivity index (χ1v) is 8.90. The summed E-state index contributed by atoms with van der Waals surface area (Å²) in [5.74, 6) is -1.74. The van der Waals surface area contributed by atoms with Gasteiger partial charge in [-0.1, -0.05) is 18.2 Å². The maximum Gasteiger partial charge on any atom is 0.337 e. The summed E-state index contributed by atoms with van der Waals surface area (Å²) < 4.78 is 18.4. The van der Waals surface area contributed by atoms with Crippen LogP contribution in [0, 0.1) is 18.7 Å². The molecule has 6 nitrogen and oxygen atoms in total. The standard InChI is InChI=1S/C21H21FN2O4/c1-13-3-8-17(10-18(13)22)24-12-16(9-19(24)25)20(26)23-11-14-4-6-15(7-5-14)21(27)28-2/h3-8,10,16H,9,11-12H2,1-2H3,(H,23,26)/t16-/m0/s1. The molecule has 0 radical (unpaired) electrons. The van der Waals surface area contributed by atoms with Crippen LogP contribution >= 0.6 is 0 Å². The van der Waals surface area contributed by atoms with Crippen LogP contribution < -0.4 is 10.2 Å². The summed E-state index contributed by atoms with van der Waals surface area (Å²) in [7, 11) is 1.31. The van der Waals surface area contributed by atoms with E-state index in [1.807, 2.05) is 0 Å². The zero-order valence-electron chi connectivity index (χ0n) is 15.7. The van der Waals surface area contributed by atoms with E-state index in [2.05, 4.69) is 10.1 Å². The Labute approximate surface area is 162 Å². The number of hydrogen-bond donors (Lipinski definition) is 1. The van der Waals surface area contributed by atoms with Crippen molar-refractivity contribution >= 4 is 23.5 Å². The molecule has 0 spiro atoms. The highest BCUT2D eigenvalue weighted by atomic mass is 19.1. The Morgan fingerprint density at radius 3 is 2.57 bits per heavy atom. The molecular weight excluding hydrogens is 363 g/mol. The van der Waals surface area contributed by atoms with Crippen LogP contribution in [0.25, 0.3) is 0 Å². The number of rotatable bonds is 5. The smallest absolute Gasteiger partial charge is 0.337 e. The summed E-state index contributed by atoms with van der Waals surface area (Å²) in [5.41, 5.74) is 2.22. The van der Waals surface area contributed by atoms with Crippen molar-refractivity contribution in [3.63, 3.8) is 0 Å². The van der Waals surface area contributed by atoms with Crippen molar-refractivity contribution in [3.05, 3.63) is 65.0 Å². The molecule has 2 aromatic rings. The van der Waals surface area contributed by atoms with Crippen molar-refractivity contribution in [3.8, 4) is 0 Å². The van der Waals surface area contributed by atoms with E-state index in [0.29, 0.717) is 16.8 Å². The number of nitrogens with one attached hydrogen (secondary N) is 1. The second-order valence-corrected chi connectivity index (χ2v) is 6.75. The van der Waals surface area contributed by atoms with Crippen LogP contribution in [0.5, 0.6) is 0 Å². The summed E-state index contributed by atoms with van der Waals surface area (Å²) in [6.45, 7) is 2.15. The molecule has 146 valence electrons. The number of halogens is 1. The fourth-order valence-corrected chi connectivity index (χ4v) is 3.09. The predicted molar refractivity (Wildman–Crippen MR) is 101 cm³/mol. The molecular formula is C21H21FN2O4. The molecule has 0 unspecified atom stereocenters. The van der Waals surface area contributed by atoms with Crippen LogP contribution in [-0.4, -0.2) is 31.4 Å². The van der Waals surface area contributed by atoms with Gasteiger partial charge in [0, 0.05) is 25.2 Å². The minimum atomic E-state index is -0.494. The largest absolute Gasteiger partial charge is 0.465 e. The normalized spacial score (nSPS) is 16.2. The van der Waals surface area contributed by atoms with E-state index >= 15 is 0 Å². The van der Waals surface area contributed by atoms with Gasteiger partial charge in [0.2, 0.25) is 11.8 Å². The van der Waals surface area contributed by atoms with Crippen molar-refractivity contribution in [1.82, 2.24) is 5.32 Å². The number of nitrogens with zero attached hydrogens (tertiary/aromatic N) is 1. The van der Waals surface area contributed by atoms with E-state index in [9.17, 15) is 18.8 Å². The number of methoxy groups -OCH3 is 1. The molecule has 3 rings (SSSR count). The number of aryl methyl sites for hydroxylation is 1. The van der Waals surface area contributed by atoms with Gasteiger partial charge in [-0.05, 0) is 42.3 Å². The summed E-state index contributed by atoms with van der Waals surface area (Å²) in [4.78, 5) is 37.6. The second-order valence-electron chi connectivity index (χ2n) is 6.75. The van der Waals surface area contributed by atoms with Crippen molar-refractivity contribution in [2.24, 2.45) is 5.92 Å². The minimum Gasteiger partial charge on any atom is -0.465 e. The molecule has 0 saturated carbocycles. The molecule has 0 aromatic heterocycles. The maximum atomic E-state index is 13.8. The third-order valence-corrected chi connectivity index (χ3v) is 4.80. The number of anilines is 1. The lowest BCUT2D eigenvalue weighted by atomic mass is 10.1. The highest BCUT2D eigenvalue weighted by Crippen LogP contribution is 2.26. The molecule has 1 fully saturated rings.